The predicted octanol–water partition coefficient (Wildman–Crippen LogP) is 2.14. The molecule has 0 spiro atoms. The number of nitrogen functional groups attached to an aromatic ring is 1. The number of nitrogens with two attached hydrogens (primary N) is 1. The average Bonchev–Trinajstić information content (AvgIpc) is 2.61. The van der Waals surface area contributed by atoms with Gasteiger partial charge in [0, 0.05) is 11.1 Å². The van der Waals surface area contributed by atoms with Crippen molar-refractivity contribution in [1.82, 2.24) is 14.6 Å². The summed E-state index contributed by atoms with van der Waals surface area (Å²) < 4.78 is 1.96. The molecular formula is C12H16N4. The number of nitrogens with zero attached hydrogens (tertiary/aromatic N) is 3. The molecule has 2 aromatic heterocycles. The van der Waals surface area contributed by atoms with E-state index < -0.39 is 0 Å². The van der Waals surface area contributed by atoms with Gasteiger partial charge in [0.25, 0.3) is 0 Å². The molecule has 0 bridgehead atoms. The highest BCUT2D eigenvalue weighted by atomic mass is 15.3. The molecule has 1 aliphatic carbocycles. The van der Waals surface area contributed by atoms with Crippen molar-refractivity contribution in [3.05, 3.63) is 24.0 Å². The van der Waals surface area contributed by atoms with Crippen LogP contribution in [0.2, 0.25) is 0 Å². The van der Waals surface area contributed by atoms with Gasteiger partial charge in [-0.15, -0.1) is 5.10 Å². The third-order valence-electron chi connectivity index (χ3n) is 3.95. The molecule has 0 unspecified atom stereocenters. The molecule has 84 valence electrons. The summed E-state index contributed by atoms with van der Waals surface area (Å²) >= 11 is 0. The lowest BCUT2D eigenvalue weighted by Gasteiger charge is -2.40. The van der Waals surface area contributed by atoms with Crippen LogP contribution < -0.4 is 5.73 Å². The third-order valence-corrected chi connectivity index (χ3v) is 3.95. The Balaban J connectivity index is 2.19. The summed E-state index contributed by atoms with van der Waals surface area (Å²) in [5.41, 5.74) is 8.31. The number of hydrogen-bond acceptors (Lipinski definition) is 3. The van der Waals surface area contributed by atoms with Crippen LogP contribution in [0.25, 0.3) is 5.52 Å². The fourth-order valence-corrected chi connectivity index (χ4v) is 2.71. The lowest BCUT2D eigenvalue weighted by Crippen LogP contribution is -2.35. The van der Waals surface area contributed by atoms with Gasteiger partial charge in [-0.2, -0.15) is 0 Å². The van der Waals surface area contributed by atoms with Gasteiger partial charge in [-0.05, 0) is 31.4 Å². The van der Waals surface area contributed by atoms with E-state index >= 15 is 0 Å². The number of fused-ring (bicyclic) bond motifs is 1. The Bertz CT molecular complexity index is 519. The van der Waals surface area contributed by atoms with E-state index in [2.05, 4.69) is 29.1 Å². The summed E-state index contributed by atoms with van der Waals surface area (Å²) in [4.78, 5) is 4.02. The van der Waals surface area contributed by atoms with Crippen LogP contribution in [0.1, 0.15) is 38.3 Å². The van der Waals surface area contributed by atoms with E-state index in [9.17, 15) is 0 Å². The zero-order valence-electron chi connectivity index (χ0n) is 9.48. The molecule has 1 aliphatic rings. The van der Waals surface area contributed by atoms with Crippen LogP contribution in [0, 0.1) is 0 Å². The standard InChI is InChI=1S/C12H16N4/c1-2-12(6-3-7-12)10-5-4-9-8-14-11(13)15-16(9)10/h4-5,8H,2-3,6-7H2,1H3,(H2,13,15). The molecule has 0 saturated heterocycles. The minimum Gasteiger partial charge on any atom is -0.367 e. The lowest BCUT2D eigenvalue weighted by molar-refractivity contribution is 0.224. The van der Waals surface area contributed by atoms with Gasteiger partial charge in [0.1, 0.15) is 0 Å². The average molecular weight is 216 g/mol. The van der Waals surface area contributed by atoms with Crippen LogP contribution in [0.5, 0.6) is 0 Å². The summed E-state index contributed by atoms with van der Waals surface area (Å²) in [5.74, 6) is 0.343. The van der Waals surface area contributed by atoms with Crippen molar-refractivity contribution in [2.75, 3.05) is 5.73 Å². The van der Waals surface area contributed by atoms with Crippen molar-refractivity contribution in [2.24, 2.45) is 0 Å². The largest absolute Gasteiger partial charge is 0.367 e. The highest BCUT2D eigenvalue weighted by Crippen LogP contribution is 2.46. The molecule has 1 saturated carbocycles. The van der Waals surface area contributed by atoms with Gasteiger partial charge in [-0.1, -0.05) is 13.3 Å². The summed E-state index contributed by atoms with van der Waals surface area (Å²) in [6.07, 6.45) is 6.80. The minimum absolute atomic E-state index is 0.327. The first-order valence-electron chi connectivity index (χ1n) is 5.86. The van der Waals surface area contributed by atoms with Gasteiger partial charge < -0.3 is 5.73 Å². The number of rotatable bonds is 2. The van der Waals surface area contributed by atoms with Crippen LogP contribution >= 0.6 is 0 Å². The summed E-state index contributed by atoms with van der Waals surface area (Å²) in [5, 5.41) is 4.31. The SMILES string of the molecule is CCC1(c2ccc3cnc(N)nn23)CCC1. The zero-order valence-corrected chi connectivity index (χ0v) is 9.48. The topological polar surface area (TPSA) is 56.2 Å². The Morgan fingerprint density at radius 1 is 1.44 bits per heavy atom. The smallest absolute Gasteiger partial charge is 0.238 e. The Morgan fingerprint density at radius 3 is 2.88 bits per heavy atom. The summed E-state index contributed by atoms with van der Waals surface area (Å²) in [6.45, 7) is 2.25. The first-order chi connectivity index (χ1) is 7.75. The second-order valence-electron chi connectivity index (χ2n) is 4.66. The monoisotopic (exact) mass is 216 g/mol. The second kappa shape index (κ2) is 3.20. The highest BCUT2D eigenvalue weighted by Gasteiger charge is 2.39. The van der Waals surface area contributed by atoms with Gasteiger partial charge in [0.05, 0.1) is 11.7 Å². The molecule has 2 N–H and O–H groups in total. The molecule has 0 atom stereocenters. The zero-order chi connectivity index (χ0) is 11.2. The van der Waals surface area contributed by atoms with Crippen LogP contribution in [-0.4, -0.2) is 14.6 Å². The Morgan fingerprint density at radius 2 is 2.25 bits per heavy atom. The first-order valence-corrected chi connectivity index (χ1v) is 5.86. The van der Waals surface area contributed by atoms with E-state index in [1.807, 2.05) is 4.52 Å². The molecule has 0 amide bonds. The predicted molar refractivity (Wildman–Crippen MR) is 63.2 cm³/mol. The molecule has 0 aromatic carbocycles. The maximum Gasteiger partial charge on any atom is 0.238 e. The number of aromatic nitrogens is 3. The van der Waals surface area contributed by atoms with E-state index in [-0.39, 0.29) is 0 Å². The summed E-state index contributed by atoms with van der Waals surface area (Å²) in [7, 11) is 0. The molecule has 2 aromatic rings. The highest BCUT2D eigenvalue weighted by molar-refractivity contribution is 5.49. The molecule has 3 rings (SSSR count). The fraction of sp³-hybridized carbons (Fsp3) is 0.500. The summed E-state index contributed by atoms with van der Waals surface area (Å²) in [6, 6.07) is 4.25. The van der Waals surface area contributed by atoms with Crippen LogP contribution in [0.3, 0.4) is 0 Å². The van der Waals surface area contributed by atoms with Crippen molar-refractivity contribution in [3.63, 3.8) is 0 Å². The van der Waals surface area contributed by atoms with Crippen molar-refractivity contribution in [1.29, 1.82) is 0 Å². The van der Waals surface area contributed by atoms with E-state index in [1.165, 1.54) is 31.4 Å². The van der Waals surface area contributed by atoms with E-state index in [4.69, 9.17) is 5.73 Å². The van der Waals surface area contributed by atoms with Crippen LogP contribution in [-0.2, 0) is 5.41 Å². The molecule has 0 radical (unpaired) electrons. The van der Waals surface area contributed by atoms with E-state index in [0.717, 1.165) is 5.52 Å². The number of hydrogen-bond donors (Lipinski definition) is 1. The van der Waals surface area contributed by atoms with Gasteiger partial charge in [-0.25, -0.2) is 9.50 Å². The Kier molecular flexibility index (Phi) is 1.93. The molecule has 2 heterocycles. The normalized spacial score (nSPS) is 18.6. The van der Waals surface area contributed by atoms with Crippen molar-refractivity contribution in [3.8, 4) is 0 Å². The maximum atomic E-state index is 5.65. The molecule has 16 heavy (non-hydrogen) atoms. The van der Waals surface area contributed by atoms with Crippen LogP contribution in [0.4, 0.5) is 5.95 Å². The van der Waals surface area contributed by atoms with Gasteiger partial charge in [-0.3, -0.25) is 0 Å². The molecule has 4 nitrogen and oxygen atoms in total. The van der Waals surface area contributed by atoms with Gasteiger partial charge >= 0.3 is 0 Å². The van der Waals surface area contributed by atoms with Crippen molar-refractivity contribution < 1.29 is 0 Å². The second-order valence-corrected chi connectivity index (χ2v) is 4.66. The molecule has 0 aliphatic heterocycles. The number of anilines is 1. The maximum absolute atomic E-state index is 5.65. The first kappa shape index (κ1) is 9.63. The van der Waals surface area contributed by atoms with Gasteiger partial charge in [0.15, 0.2) is 0 Å². The minimum atomic E-state index is 0.327. The van der Waals surface area contributed by atoms with Crippen LogP contribution in [0.15, 0.2) is 18.3 Å². The molecular weight excluding hydrogens is 200 g/mol. The van der Waals surface area contributed by atoms with E-state index in [0.29, 0.717) is 11.4 Å². The van der Waals surface area contributed by atoms with Crippen molar-refractivity contribution >= 4 is 11.5 Å². The Hall–Kier alpha value is -1.58. The fourth-order valence-electron chi connectivity index (χ4n) is 2.71. The quantitative estimate of drug-likeness (QED) is 0.836. The van der Waals surface area contributed by atoms with E-state index in [1.54, 1.807) is 6.20 Å². The van der Waals surface area contributed by atoms with Crippen molar-refractivity contribution in [2.45, 2.75) is 38.0 Å². The lowest BCUT2D eigenvalue weighted by atomic mass is 9.65. The molecule has 4 heteroatoms. The van der Waals surface area contributed by atoms with Gasteiger partial charge in [0.2, 0.25) is 5.95 Å². The Labute approximate surface area is 94.5 Å². The molecule has 1 fully saturated rings. The third kappa shape index (κ3) is 1.16.